The van der Waals surface area contributed by atoms with E-state index in [4.69, 9.17) is 4.74 Å². The largest absolute Gasteiger partial charge is 0.446 e. The van der Waals surface area contributed by atoms with Crippen molar-refractivity contribution in [3.05, 3.63) is 0 Å². The Balaban J connectivity index is 1.24. The number of nitrogens with one attached hydrogen (secondary N) is 1. The first-order valence-corrected chi connectivity index (χ1v) is 7.44. The molecule has 1 N–H and O–H groups in total. The van der Waals surface area contributed by atoms with E-state index in [0.29, 0.717) is 0 Å². The van der Waals surface area contributed by atoms with Gasteiger partial charge in [-0.25, -0.2) is 4.79 Å². The first kappa shape index (κ1) is 11.6. The van der Waals surface area contributed by atoms with Crippen molar-refractivity contribution in [1.29, 1.82) is 0 Å². The van der Waals surface area contributed by atoms with Gasteiger partial charge in [-0.05, 0) is 49.4 Å². The number of carbonyl (C=O) groups excluding carboxylic acids is 2. The Morgan fingerprint density at radius 3 is 2.16 bits per heavy atom. The molecule has 1 saturated heterocycles. The molecule has 3 aliphatic carbocycles. The maximum Gasteiger partial charge on any atom is 0.407 e. The van der Waals surface area contributed by atoms with Crippen molar-refractivity contribution in [3.8, 4) is 0 Å². The van der Waals surface area contributed by atoms with Gasteiger partial charge in [0.2, 0.25) is 5.91 Å². The maximum atomic E-state index is 12.1. The Bertz CT molecular complexity index is 403. The monoisotopic (exact) mass is 264 g/mol. The molecule has 19 heavy (non-hydrogen) atoms. The van der Waals surface area contributed by atoms with Crippen LogP contribution in [0.1, 0.15) is 25.7 Å². The van der Waals surface area contributed by atoms with Crippen LogP contribution in [0.5, 0.6) is 0 Å². The molecule has 3 saturated carbocycles. The van der Waals surface area contributed by atoms with Crippen LogP contribution in [0.2, 0.25) is 0 Å². The molecule has 0 aromatic heterocycles. The van der Waals surface area contributed by atoms with Gasteiger partial charge in [0, 0.05) is 13.1 Å². The van der Waals surface area contributed by atoms with Gasteiger partial charge in [-0.1, -0.05) is 0 Å². The highest BCUT2D eigenvalue weighted by molar-refractivity contribution is 5.82. The Morgan fingerprint density at radius 1 is 1.00 bits per heavy atom. The highest BCUT2D eigenvalue weighted by Gasteiger charge is 2.58. The van der Waals surface area contributed by atoms with Crippen LogP contribution in [0.3, 0.4) is 0 Å². The van der Waals surface area contributed by atoms with Crippen LogP contribution in [-0.4, -0.2) is 42.6 Å². The fourth-order valence-corrected chi connectivity index (χ4v) is 4.07. The molecular weight excluding hydrogens is 244 g/mol. The van der Waals surface area contributed by atoms with E-state index in [0.717, 1.165) is 49.6 Å². The van der Waals surface area contributed by atoms with E-state index in [9.17, 15) is 9.59 Å². The van der Waals surface area contributed by atoms with Crippen molar-refractivity contribution in [1.82, 2.24) is 10.2 Å². The third kappa shape index (κ3) is 1.90. The third-order valence-corrected chi connectivity index (χ3v) is 5.43. The molecule has 0 bridgehead atoms. The summed E-state index contributed by atoms with van der Waals surface area (Å²) in [7, 11) is 0. The second-order valence-corrected chi connectivity index (χ2v) is 6.49. The number of carbonyl (C=O) groups is 2. The van der Waals surface area contributed by atoms with Crippen molar-refractivity contribution in [3.63, 3.8) is 0 Å². The molecule has 0 aromatic rings. The molecule has 0 spiro atoms. The number of ether oxygens (including phenoxy) is 1. The van der Waals surface area contributed by atoms with Gasteiger partial charge < -0.3 is 15.0 Å². The van der Waals surface area contributed by atoms with Crippen LogP contribution in [0.15, 0.2) is 0 Å². The number of amides is 2. The van der Waals surface area contributed by atoms with Gasteiger partial charge in [0.05, 0.1) is 0 Å². The van der Waals surface area contributed by atoms with Gasteiger partial charge >= 0.3 is 6.09 Å². The van der Waals surface area contributed by atoms with Crippen LogP contribution in [0, 0.1) is 23.7 Å². The Hall–Kier alpha value is -1.26. The summed E-state index contributed by atoms with van der Waals surface area (Å²) >= 11 is 0. The average molecular weight is 264 g/mol. The van der Waals surface area contributed by atoms with Crippen LogP contribution in [0.4, 0.5) is 4.79 Å². The Kier molecular flexibility index (Phi) is 2.50. The lowest BCUT2D eigenvalue weighted by Gasteiger charge is -2.56. The highest BCUT2D eigenvalue weighted by atomic mass is 16.6. The summed E-state index contributed by atoms with van der Waals surface area (Å²) in [6.45, 7) is 1.90. The van der Waals surface area contributed by atoms with Crippen LogP contribution in [-0.2, 0) is 9.53 Å². The summed E-state index contributed by atoms with van der Waals surface area (Å²) in [6.07, 6.45) is 4.28. The molecule has 4 aliphatic rings. The minimum Gasteiger partial charge on any atom is -0.446 e. The lowest BCUT2D eigenvalue weighted by molar-refractivity contribution is -0.129. The van der Waals surface area contributed by atoms with Gasteiger partial charge in [-0.2, -0.15) is 0 Å². The molecule has 4 fully saturated rings. The van der Waals surface area contributed by atoms with E-state index in [-0.39, 0.29) is 18.6 Å². The minimum atomic E-state index is -0.446. The summed E-state index contributed by atoms with van der Waals surface area (Å²) < 4.78 is 5.05. The van der Waals surface area contributed by atoms with Gasteiger partial charge in [-0.15, -0.1) is 0 Å². The molecule has 1 aliphatic heterocycles. The quantitative estimate of drug-likeness (QED) is 0.827. The number of rotatable bonds is 3. The predicted molar refractivity (Wildman–Crippen MR) is 67.3 cm³/mol. The molecule has 5 heteroatoms. The molecular formula is C14H20N2O3. The van der Waals surface area contributed by atoms with E-state index < -0.39 is 6.09 Å². The predicted octanol–water partition coefficient (Wildman–Crippen LogP) is 0.989. The zero-order valence-corrected chi connectivity index (χ0v) is 11.0. The molecule has 0 aromatic carbocycles. The second kappa shape index (κ2) is 4.12. The van der Waals surface area contributed by atoms with Crippen molar-refractivity contribution in [2.45, 2.75) is 31.8 Å². The number of nitrogens with zero attached hydrogens (tertiary/aromatic N) is 1. The molecule has 4 rings (SSSR count). The number of fused-ring (bicyclic) bond motifs is 4. The van der Waals surface area contributed by atoms with Crippen LogP contribution >= 0.6 is 0 Å². The molecule has 5 nitrogen and oxygen atoms in total. The summed E-state index contributed by atoms with van der Waals surface area (Å²) in [5.74, 6) is 3.34. The molecule has 104 valence electrons. The highest BCUT2D eigenvalue weighted by Crippen LogP contribution is 2.60. The normalized spacial score (nSPS) is 38.6. The van der Waals surface area contributed by atoms with Crippen LogP contribution in [0.25, 0.3) is 0 Å². The maximum absolute atomic E-state index is 12.1. The SMILES string of the molecule is O=C(NCC(=O)N1CC2C3CC[C@H]3C2C1)OC1CC1. The fraction of sp³-hybridized carbons (Fsp3) is 0.857. The Labute approximate surface area is 112 Å². The summed E-state index contributed by atoms with van der Waals surface area (Å²) in [5.41, 5.74) is 0. The van der Waals surface area contributed by atoms with Gasteiger partial charge in [0.25, 0.3) is 0 Å². The lowest BCUT2D eigenvalue weighted by Crippen LogP contribution is -2.52. The number of alkyl carbamates (subject to hydrolysis) is 1. The summed E-state index contributed by atoms with van der Waals surface area (Å²) in [6, 6.07) is 0. The minimum absolute atomic E-state index is 0.0431. The average Bonchev–Trinajstić information content (AvgIpc) is 3.08. The second-order valence-electron chi connectivity index (χ2n) is 6.49. The zero-order valence-electron chi connectivity index (χ0n) is 11.0. The van der Waals surface area contributed by atoms with Crippen molar-refractivity contribution in [2.75, 3.05) is 19.6 Å². The first-order chi connectivity index (χ1) is 9.22. The van der Waals surface area contributed by atoms with Crippen LogP contribution < -0.4 is 5.32 Å². The standard InChI is InChI=1S/C14H20N2O3/c17-13(5-15-14(18)19-8-1-2-8)16-6-11-9-3-4-10(9)12(11)7-16/h8-12H,1-7H2,(H,15,18)/t9-,10?,11?,12?/m1/s1. The number of likely N-dealkylation sites (tertiary alicyclic amines) is 1. The van der Waals surface area contributed by atoms with E-state index >= 15 is 0 Å². The smallest absolute Gasteiger partial charge is 0.407 e. The van der Waals surface area contributed by atoms with Gasteiger partial charge in [-0.3, -0.25) is 4.79 Å². The number of hydrogen-bond acceptors (Lipinski definition) is 3. The van der Waals surface area contributed by atoms with E-state index in [1.54, 1.807) is 0 Å². The molecule has 3 unspecified atom stereocenters. The number of hydrogen-bond donors (Lipinski definition) is 1. The third-order valence-electron chi connectivity index (χ3n) is 5.43. The van der Waals surface area contributed by atoms with Crippen molar-refractivity contribution in [2.24, 2.45) is 23.7 Å². The molecule has 1 heterocycles. The van der Waals surface area contributed by atoms with E-state index in [1.165, 1.54) is 12.8 Å². The zero-order chi connectivity index (χ0) is 13.0. The fourth-order valence-electron chi connectivity index (χ4n) is 4.07. The topological polar surface area (TPSA) is 58.6 Å². The molecule has 4 atom stereocenters. The molecule has 2 amide bonds. The van der Waals surface area contributed by atoms with E-state index in [2.05, 4.69) is 5.32 Å². The summed E-state index contributed by atoms with van der Waals surface area (Å²) in [4.78, 5) is 25.4. The lowest BCUT2D eigenvalue weighted by atomic mass is 9.48. The first-order valence-electron chi connectivity index (χ1n) is 7.44. The van der Waals surface area contributed by atoms with Crippen molar-refractivity contribution >= 4 is 12.0 Å². The molecule has 0 radical (unpaired) electrons. The van der Waals surface area contributed by atoms with Gasteiger partial charge in [0.15, 0.2) is 0 Å². The van der Waals surface area contributed by atoms with Gasteiger partial charge in [0.1, 0.15) is 12.6 Å². The summed E-state index contributed by atoms with van der Waals surface area (Å²) in [5, 5.41) is 2.57. The van der Waals surface area contributed by atoms with E-state index in [1.807, 2.05) is 4.90 Å². The Morgan fingerprint density at radius 2 is 1.63 bits per heavy atom. The van der Waals surface area contributed by atoms with Crippen molar-refractivity contribution < 1.29 is 14.3 Å².